The minimum absolute atomic E-state index is 0.0143. The van der Waals surface area contributed by atoms with Crippen LogP contribution in [0.2, 0.25) is 0 Å². The van der Waals surface area contributed by atoms with Crippen LogP contribution in [0.3, 0.4) is 0 Å². The summed E-state index contributed by atoms with van der Waals surface area (Å²) in [5, 5.41) is 36.4. The fourth-order valence-corrected chi connectivity index (χ4v) is 8.39. The Bertz CT molecular complexity index is 1510. The van der Waals surface area contributed by atoms with Crippen molar-refractivity contribution in [2.45, 2.75) is 63.8 Å². The first-order valence-electron chi connectivity index (χ1n) is 15.1. The van der Waals surface area contributed by atoms with Crippen molar-refractivity contribution in [1.82, 2.24) is 5.32 Å². The molecular weight excluding hydrogens is 607 g/mol. The number of benzene rings is 1. The van der Waals surface area contributed by atoms with Crippen LogP contribution in [-0.4, -0.2) is 76.1 Å². The number of aliphatic hydroxyl groups excluding tert-OH is 1. The Labute approximate surface area is 263 Å². The molecule has 1 amide bonds. The zero-order valence-corrected chi connectivity index (χ0v) is 25.7. The number of carbonyl (C=O) groups excluding carboxylic acids is 4. The summed E-state index contributed by atoms with van der Waals surface area (Å²) in [6.45, 7) is 3.74. The van der Waals surface area contributed by atoms with Gasteiger partial charge in [0.15, 0.2) is 18.1 Å². The fraction of sp³-hybridized carbons (Fsp3) is 0.562. The van der Waals surface area contributed by atoms with Gasteiger partial charge in [0.05, 0.1) is 17.6 Å². The highest BCUT2D eigenvalue weighted by molar-refractivity contribution is 5.94. The van der Waals surface area contributed by atoms with E-state index in [2.05, 4.69) is 5.32 Å². The van der Waals surface area contributed by atoms with Crippen LogP contribution in [0, 0.1) is 38.7 Å². The molecule has 14 heteroatoms. The van der Waals surface area contributed by atoms with Gasteiger partial charge in [0.2, 0.25) is 5.78 Å². The van der Waals surface area contributed by atoms with Gasteiger partial charge in [-0.3, -0.25) is 19.7 Å². The van der Waals surface area contributed by atoms with E-state index in [-0.39, 0.29) is 49.6 Å². The number of hydrogen-bond acceptors (Lipinski definition) is 11. The molecule has 4 aliphatic carbocycles. The second-order valence-corrected chi connectivity index (χ2v) is 13.0. The first-order chi connectivity index (χ1) is 21.6. The number of aliphatic hydroxyl groups is 2. The number of ether oxygens (including phenoxy) is 3. The number of nitro groups is 1. The number of nitrogens with one attached hydrogen (secondary N) is 1. The van der Waals surface area contributed by atoms with E-state index in [0.717, 1.165) is 12.1 Å². The molecule has 5 rings (SSSR count). The number of allylic oxidation sites excluding steroid dienone is 4. The van der Waals surface area contributed by atoms with E-state index < -0.39 is 75.5 Å². The summed E-state index contributed by atoms with van der Waals surface area (Å²) in [4.78, 5) is 59.8. The smallest absolute Gasteiger partial charge is 0.441 e. The summed E-state index contributed by atoms with van der Waals surface area (Å²) >= 11 is 0. The van der Waals surface area contributed by atoms with Crippen LogP contribution < -0.4 is 10.1 Å². The largest absolute Gasteiger partial charge is 0.513 e. The molecule has 4 aliphatic rings. The van der Waals surface area contributed by atoms with Crippen molar-refractivity contribution in [1.29, 1.82) is 0 Å². The Balaban J connectivity index is 1.16. The number of nitro benzene ring substituents is 1. The molecule has 2 saturated carbocycles. The van der Waals surface area contributed by atoms with Crippen LogP contribution in [0.4, 0.5) is 19.7 Å². The number of alkyl halides is 1. The molecule has 0 aliphatic heterocycles. The average Bonchev–Trinajstić information content (AvgIpc) is 3.20. The molecule has 5 unspecified atom stereocenters. The van der Waals surface area contributed by atoms with E-state index >= 15 is 4.39 Å². The van der Waals surface area contributed by atoms with E-state index in [1.807, 2.05) is 6.08 Å². The van der Waals surface area contributed by atoms with Crippen molar-refractivity contribution in [3.63, 3.8) is 0 Å². The predicted molar refractivity (Wildman–Crippen MR) is 157 cm³/mol. The minimum Gasteiger partial charge on any atom is -0.441 e. The van der Waals surface area contributed by atoms with Gasteiger partial charge in [0.25, 0.3) is 5.69 Å². The third kappa shape index (κ3) is 5.16. The monoisotopic (exact) mass is 644 g/mol. The molecular formula is C32H37FN2O11. The molecule has 0 radical (unpaired) electrons. The van der Waals surface area contributed by atoms with Gasteiger partial charge in [-0.15, -0.1) is 0 Å². The minimum atomic E-state index is -2.11. The molecule has 1 aromatic rings. The van der Waals surface area contributed by atoms with Gasteiger partial charge in [-0.2, -0.15) is 0 Å². The molecule has 0 aromatic heterocycles. The molecule has 3 N–H and O–H groups in total. The van der Waals surface area contributed by atoms with Gasteiger partial charge in [-0.05, 0) is 56.2 Å². The Kier molecular flexibility index (Phi) is 8.58. The molecule has 0 spiro atoms. The Morgan fingerprint density at radius 3 is 2.52 bits per heavy atom. The number of non-ortho nitro benzene ring substituents is 1. The summed E-state index contributed by atoms with van der Waals surface area (Å²) in [5.74, 6) is -2.73. The number of hydrogen-bond donors (Lipinski definition) is 3. The third-order valence-corrected chi connectivity index (χ3v) is 10.8. The van der Waals surface area contributed by atoms with Gasteiger partial charge in [0.1, 0.15) is 18.0 Å². The van der Waals surface area contributed by atoms with E-state index in [9.17, 15) is 39.5 Å². The van der Waals surface area contributed by atoms with Crippen LogP contribution in [0.5, 0.6) is 5.75 Å². The maximum absolute atomic E-state index is 17.3. The van der Waals surface area contributed by atoms with Crippen molar-refractivity contribution in [3.05, 3.63) is 58.2 Å². The topological polar surface area (TPSA) is 192 Å². The van der Waals surface area contributed by atoms with Crippen LogP contribution in [0.25, 0.3) is 0 Å². The summed E-state index contributed by atoms with van der Waals surface area (Å²) in [6.07, 6.45) is 1.53. The number of halogens is 1. The van der Waals surface area contributed by atoms with Crippen LogP contribution in [0.15, 0.2) is 48.1 Å². The number of alkyl carbamates (subject to hydrolysis) is 1. The number of ketones is 2. The SMILES string of the molecule is C[C@@H]1CC2C3CC=C4CC(=O)C=CC4(C)[C@@]3(F)C(O)CC2(C)[C@@]1(O)C(=O)COC(=O)NCCOC(=O)Oc1ccc([N+](=O)[O-])cc1. The molecule has 0 saturated heterocycles. The second kappa shape index (κ2) is 11.9. The fourth-order valence-electron chi connectivity index (χ4n) is 8.39. The molecule has 2 fully saturated rings. The molecule has 1 aromatic carbocycles. The number of rotatable bonds is 8. The highest BCUT2D eigenvalue weighted by Crippen LogP contribution is 2.70. The number of fused-ring (bicyclic) bond motifs is 5. The van der Waals surface area contributed by atoms with Crippen LogP contribution >= 0.6 is 0 Å². The van der Waals surface area contributed by atoms with Crippen LogP contribution in [-0.2, 0) is 19.1 Å². The second-order valence-electron chi connectivity index (χ2n) is 13.0. The van der Waals surface area contributed by atoms with Gasteiger partial charge in [0, 0.05) is 35.3 Å². The highest BCUT2D eigenvalue weighted by atomic mass is 19.1. The summed E-state index contributed by atoms with van der Waals surface area (Å²) in [6, 6.07) is 4.73. The van der Waals surface area contributed by atoms with Gasteiger partial charge >= 0.3 is 12.2 Å². The number of carbonyl (C=O) groups is 4. The van der Waals surface area contributed by atoms with E-state index in [0.29, 0.717) is 12.0 Å². The maximum Gasteiger partial charge on any atom is 0.513 e. The number of nitrogens with zero attached hydrogens (tertiary/aromatic N) is 1. The molecule has 46 heavy (non-hydrogen) atoms. The zero-order chi connectivity index (χ0) is 33.7. The third-order valence-electron chi connectivity index (χ3n) is 10.8. The Morgan fingerprint density at radius 2 is 1.85 bits per heavy atom. The van der Waals surface area contributed by atoms with E-state index in [1.54, 1.807) is 20.8 Å². The van der Waals surface area contributed by atoms with Gasteiger partial charge in [-0.25, -0.2) is 14.0 Å². The van der Waals surface area contributed by atoms with Crippen molar-refractivity contribution in [2.75, 3.05) is 19.8 Å². The summed E-state index contributed by atoms with van der Waals surface area (Å²) in [7, 11) is 0. The zero-order valence-electron chi connectivity index (χ0n) is 25.7. The molecule has 0 bridgehead atoms. The van der Waals surface area contributed by atoms with E-state index in [4.69, 9.17) is 14.2 Å². The molecule has 0 heterocycles. The lowest BCUT2D eigenvalue weighted by atomic mass is 9.45. The lowest BCUT2D eigenvalue weighted by Gasteiger charge is -2.62. The van der Waals surface area contributed by atoms with Gasteiger partial charge in [-0.1, -0.05) is 31.6 Å². The first-order valence-corrected chi connectivity index (χ1v) is 15.1. The highest BCUT2D eigenvalue weighted by Gasteiger charge is 2.75. The lowest BCUT2D eigenvalue weighted by molar-refractivity contribution is -0.384. The van der Waals surface area contributed by atoms with Gasteiger partial charge < -0.3 is 29.7 Å². The van der Waals surface area contributed by atoms with Crippen molar-refractivity contribution in [2.24, 2.45) is 28.6 Å². The van der Waals surface area contributed by atoms with Crippen molar-refractivity contribution in [3.8, 4) is 5.75 Å². The quantitative estimate of drug-likeness (QED) is 0.0932. The van der Waals surface area contributed by atoms with Crippen molar-refractivity contribution >= 4 is 29.5 Å². The van der Waals surface area contributed by atoms with Crippen LogP contribution in [0.1, 0.15) is 46.5 Å². The summed E-state index contributed by atoms with van der Waals surface area (Å²) < 4.78 is 32.1. The molecule has 13 nitrogen and oxygen atoms in total. The summed E-state index contributed by atoms with van der Waals surface area (Å²) in [5.41, 5.74) is -6.12. The maximum atomic E-state index is 17.3. The molecule has 248 valence electrons. The Morgan fingerprint density at radius 1 is 1.15 bits per heavy atom. The van der Waals surface area contributed by atoms with Crippen molar-refractivity contribution < 1.29 is 52.9 Å². The molecule has 8 atom stereocenters. The van der Waals surface area contributed by atoms with E-state index in [1.165, 1.54) is 24.3 Å². The standard InChI is InChI=1S/C32H37FN2O11/c1-18-14-24-23-9-4-19-15-21(36)10-11-29(19,2)31(23,33)25(37)16-30(24,3)32(18,41)26(38)17-45-27(39)34-12-13-44-28(40)46-22-7-5-20(6-8-22)35(42)43/h4-8,10-11,18,23-25,37,41H,9,12-17H2,1-3H3,(H,34,39)/t18-,23?,24?,25?,29?,30?,31+,32+/m1/s1. The number of amides is 1. The average molecular weight is 645 g/mol. The first kappa shape index (κ1) is 33.2. The predicted octanol–water partition coefficient (Wildman–Crippen LogP) is 3.75. The lowest BCUT2D eigenvalue weighted by Crippen LogP contribution is -2.69. The Hall–Kier alpha value is -4.17. The number of Topliss-reactive ketones (excluding diaryl/α,β-unsaturated/α-hetero) is 1. The normalized spacial score (nSPS) is 36.0.